The first-order valence-electron chi connectivity index (χ1n) is 14.1. The second-order valence-electron chi connectivity index (χ2n) is 11.2. The summed E-state index contributed by atoms with van der Waals surface area (Å²) in [6.45, 7) is 10.3. The van der Waals surface area contributed by atoms with Crippen molar-refractivity contribution in [3.63, 3.8) is 0 Å². The van der Waals surface area contributed by atoms with Gasteiger partial charge >= 0.3 is 0 Å². The normalized spacial score (nSPS) is 14.5. The highest BCUT2D eigenvalue weighted by Gasteiger charge is 2.32. The second kappa shape index (κ2) is 14.2. The number of ether oxygens (including phenoxy) is 4. The summed E-state index contributed by atoms with van der Waals surface area (Å²) in [5, 5.41) is 11.4. The van der Waals surface area contributed by atoms with E-state index in [0.29, 0.717) is 73.4 Å². The fourth-order valence-corrected chi connectivity index (χ4v) is 5.13. The molecule has 2 N–H and O–H groups in total. The van der Waals surface area contributed by atoms with Gasteiger partial charge in [-0.25, -0.2) is 0 Å². The number of nitrogens with one attached hydrogen (secondary N) is 2. The summed E-state index contributed by atoms with van der Waals surface area (Å²) >= 11 is 0. The summed E-state index contributed by atoms with van der Waals surface area (Å²) in [6, 6.07) is 6.82. The van der Waals surface area contributed by atoms with E-state index in [4.69, 9.17) is 24.4 Å². The van der Waals surface area contributed by atoms with Crippen molar-refractivity contribution >= 4 is 40.4 Å². The highest BCUT2D eigenvalue weighted by molar-refractivity contribution is 8.93. The highest BCUT2D eigenvalue weighted by atomic mass is 79.9. The van der Waals surface area contributed by atoms with Crippen LogP contribution in [0.2, 0.25) is 0 Å². The summed E-state index contributed by atoms with van der Waals surface area (Å²) in [5.41, 5.74) is 2.39. The van der Waals surface area contributed by atoms with Crippen LogP contribution in [0.3, 0.4) is 0 Å². The summed E-state index contributed by atoms with van der Waals surface area (Å²) in [4.78, 5) is 42.4. The van der Waals surface area contributed by atoms with Gasteiger partial charge in [-0.05, 0) is 42.2 Å². The van der Waals surface area contributed by atoms with E-state index in [-0.39, 0.29) is 53.6 Å². The summed E-state index contributed by atoms with van der Waals surface area (Å²) in [6.07, 6.45) is 0. The van der Waals surface area contributed by atoms with Crippen LogP contribution >= 0.6 is 17.0 Å². The van der Waals surface area contributed by atoms with Crippen LogP contribution in [-0.2, 0) is 21.5 Å². The van der Waals surface area contributed by atoms with Crippen molar-refractivity contribution in [2.24, 2.45) is 0 Å². The zero-order valence-electron chi connectivity index (χ0n) is 25.6. The predicted octanol–water partition coefficient (Wildman–Crippen LogP) is 3.59. The zero-order chi connectivity index (χ0) is 30.6. The molecule has 11 nitrogen and oxygen atoms in total. The number of methoxy groups -OCH3 is 1. The molecule has 2 aromatic carbocycles. The Labute approximate surface area is 263 Å². The van der Waals surface area contributed by atoms with Crippen LogP contribution in [0.15, 0.2) is 24.3 Å². The van der Waals surface area contributed by atoms with Crippen LogP contribution in [0, 0.1) is 5.41 Å². The number of amides is 2. The van der Waals surface area contributed by atoms with Crippen LogP contribution in [0.1, 0.15) is 65.1 Å². The van der Waals surface area contributed by atoms with Gasteiger partial charge in [0.15, 0.2) is 12.4 Å². The average molecular weight is 662 g/mol. The minimum atomic E-state index is -0.392. The molecule has 1 fully saturated rings. The summed E-state index contributed by atoms with van der Waals surface area (Å²) in [7, 11) is 3.06. The lowest BCUT2D eigenvalue weighted by molar-refractivity contribution is -0.137. The number of halogens is 1. The van der Waals surface area contributed by atoms with Gasteiger partial charge in [-0.1, -0.05) is 20.8 Å². The molecule has 4 rings (SSSR count). The average Bonchev–Trinajstić information content (AvgIpc) is 3.27. The van der Waals surface area contributed by atoms with E-state index in [1.807, 2.05) is 33.8 Å². The van der Waals surface area contributed by atoms with E-state index in [1.165, 1.54) is 14.2 Å². The van der Waals surface area contributed by atoms with Gasteiger partial charge in [-0.3, -0.25) is 19.8 Å². The Morgan fingerprint density at radius 1 is 1.05 bits per heavy atom. The van der Waals surface area contributed by atoms with Crippen LogP contribution in [0.5, 0.6) is 17.2 Å². The highest BCUT2D eigenvalue weighted by Crippen LogP contribution is 2.38. The van der Waals surface area contributed by atoms with Gasteiger partial charge in [-0.2, -0.15) is 0 Å². The standard InChI is InChI=1S/C31H40N4O7.BrH/c1-7-41-26-12-19-16-35(29(32)21(19)15-23(26)30(38)33-5)17-25(36)22-13-20(14-24(28(22)39-6)31(2,3)4)42-18-27(37)34-8-10-40-11-9-34;/h12-15,32H,7-11,16-18H2,1-6H3,(H,33,38);1H. The minimum Gasteiger partial charge on any atom is -0.496 e. The lowest BCUT2D eigenvalue weighted by Crippen LogP contribution is -2.43. The van der Waals surface area contributed by atoms with Gasteiger partial charge in [0, 0.05) is 37.8 Å². The second-order valence-corrected chi connectivity index (χ2v) is 11.2. The van der Waals surface area contributed by atoms with Gasteiger partial charge in [0.25, 0.3) is 11.8 Å². The van der Waals surface area contributed by atoms with Crippen LogP contribution in [0.25, 0.3) is 0 Å². The third-order valence-electron chi connectivity index (χ3n) is 7.35. The molecule has 0 spiro atoms. The number of Topliss-reactive ketones (excluding diaryl/α,β-unsaturated/α-hetero) is 1. The molecule has 0 aromatic heterocycles. The van der Waals surface area contributed by atoms with Crippen LogP contribution < -0.4 is 19.5 Å². The first kappa shape index (κ1) is 33.9. The topological polar surface area (TPSA) is 130 Å². The van der Waals surface area contributed by atoms with Crippen molar-refractivity contribution in [1.82, 2.24) is 15.1 Å². The molecule has 2 aliphatic rings. The number of fused-ring (bicyclic) bond motifs is 1. The molecule has 2 aromatic rings. The molecule has 0 saturated carbocycles. The molecule has 2 aliphatic heterocycles. The Bertz CT molecular complexity index is 1380. The number of carbonyl (C=O) groups is 3. The largest absolute Gasteiger partial charge is 0.496 e. The number of carbonyl (C=O) groups excluding carboxylic acids is 3. The lowest BCUT2D eigenvalue weighted by atomic mass is 9.84. The number of hydrogen-bond acceptors (Lipinski definition) is 8. The third kappa shape index (κ3) is 7.48. The maximum Gasteiger partial charge on any atom is 0.260 e. The molecule has 0 radical (unpaired) electrons. The molecule has 0 bridgehead atoms. The van der Waals surface area contributed by atoms with E-state index in [9.17, 15) is 14.4 Å². The number of nitrogens with zero attached hydrogens (tertiary/aromatic N) is 2. The Balaban J connectivity index is 0.00000506. The van der Waals surface area contributed by atoms with Crippen molar-refractivity contribution in [3.8, 4) is 17.2 Å². The van der Waals surface area contributed by atoms with Crippen molar-refractivity contribution in [2.75, 3.05) is 60.2 Å². The molecule has 0 unspecified atom stereocenters. The summed E-state index contributed by atoms with van der Waals surface area (Å²) < 4.78 is 22.7. The molecule has 0 atom stereocenters. The van der Waals surface area contributed by atoms with Gasteiger partial charge in [0.1, 0.15) is 23.1 Å². The Kier molecular flexibility index (Phi) is 11.2. The number of morpholine rings is 1. The smallest absolute Gasteiger partial charge is 0.260 e. The van der Waals surface area contributed by atoms with Crippen molar-refractivity contribution < 1.29 is 33.3 Å². The monoisotopic (exact) mass is 660 g/mol. The van der Waals surface area contributed by atoms with E-state index in [0.717, 1.165) is 11.1 Å². The van der Waals surface area contributed by atoms with Gasteiger partial charge in [0.05, 0.1) is 44.6 Å². The fourth-order valence-electron chi connectivity index (χ4n) is 5.13. The maximum atomic E-state index is 13.8. The molecule has 12 heteroatoms. The quantitative estimate of drug-likeness (QED) is 0.370. The molecular formula is C31H41BrN4O7. The molecule has 43 heavy (non-hydrogen) atoms. The van der Waals surface area contributed by atoms with Crippen molar-refractivity contribution in [1.29, 1.82) is 5.41 Å². The van der Waals surface area contributed by atoms with E-state index < -0.39 is 5.41 Å². The molecule has 1 saturated heterocycles. The minimum absolute atomic E-state index is 0. The lowest BCUT2D eigenvalue weighted by Gasteiger charge is -2.27. The molecule has 2 amide bonds. The molecule has 2 heterocycles. The van der Waals surface area contributed by atoms with Gasteiger partial charge in [-0.15, -0.1) is 17.0 Å². The number of hydrogen-bond donors (Lipinski definition) is 2. The Morgan fingerprint density at radius 3 is 2.35 bits per heavy atom. The zero-order valence-corrected chi connectivity index (χ0v) is 27.3. The summed E-state index contributed by atoms with van der Waals surface area (Å²) in [5.74, 6) is 0.674. The third-order valence-corrected chi connectivity index (χ3v) is 7.35. The molecule has 234 valence electrons. The first-order chi connectivity index (χ1) is 20.0. The number of benzene rings is 2. The SMILES string of the molecule is Br.CCOc1cc2c(cc1C(=O)NC)C(=N)N(CC(=O)c1cc(OCC(=O)N3CCOCC3)cc(C(C)(C)C)c1OC)C2. The first-order valence-corrected chi connectivity index (χ1v) is 14.1. The van der Waals surface area contributed by atoms with Crippen LogP contribution in [-0.4, -0.2) is 93.5 Å². The fraction of sp³-hybridized carbons (Fsp3) is 0.484. The number of ketones is 1. The Morgan fingerprint density at radius 2 is 1.74 bits per heavy atom. The van der Waals surface area contributed by atoms with E-state index in [2.05, 4.69) is 5.32 Å². The van der Waals surface area contributed by atoms with E-state index in [1.54, 1.807) is 28.0 Å². The predicted molar refractivity (Wildman–Crippen MR) is 167 cm³/mol. The van der Waals surface area contributed by atoms with Crippen molar-refractivity contribution in [3.05, 3.63) is 52.1 Å². The van der Waals surface area contributed by atoms with E-state index >= 15 is 0 Å². The van der Waals surface area contributed by atoms with Crippen molar-refractivity contribution in [2.45, 2.75) is 39.7 Å². The number of amidine groups is 1. The van der Waals surface area contributed by atoms with Gasteiger partial charge in [0.2, 0.25) is 0 Å². The molecular weight excluding hydrogens is 620 g/mol. The van der Waals surface area contributed by atoms with Gasteiger partial charge < -0.3 is 34.1 Å². The maximum absolute atomic E-state index is 13.8. The number of rotatable bonds is 10. The molecule has 0 aliphatic carbocycles. The van der Waals surface area contributed by atoms with Crippen LogP contribution in [0.4, 0.5) is 0 Å². The Hall–Kier alpha value is -3.64.